The average molecular weight is 121 g/mol. The van der Waals surface area contributed by atoms with Crippen molar-refractivity contribution in [2.45, 2.75) is 0 Å². The predicted octanol–water partition coefficient (Wildman–Crippen LogP) is -0.00200. The Labute approximate surface area is 40.4 Å². The summed E-state index contributed by atoms with van der Waals surface area (Å²) < 4.78 is 13.2. The molecule has 0 aromatic heterocycles. The Balaban J connectivity index is 3.32. The van der Waals surface area contributed by atoms with Gasteiger partial charge in [0.05, 0.1) is 0 Å². The third kappa shape index (κ3) is 5.31. The normalized spacial score (nSPS) is 9.00. The van der Waals surface area contributed by atoms with Crippen molar-refractivity contribution in [3.05, 3.63) is 6.26 Å². The van der Waals surface area contributed by atoms with Crippen LogP contribution < -0.4 is 0 Å². The third-order valence-electron chi connectivity index (χ3n) is 0.191. The summed E-state index contributed by atoms with van der Waals surface area (Å²) in [5.74, 6) is 1.16. The average Bonchev–Trinajstić information content (AvgIpc) is 1.61. The molecule has 0 spiro atoms. The van der Waals surface area contributed by atoms with Gasteiger partial charge in [-0.15, -0.1) is 4.89 Å². The lowest BCUT2D eigenvalue weighted by atomic mass is 11.1. The lowest BCUT2D eigenvalue weighted by Gasteiger charge is -1.61. The molecule has 0 fully saturated rings. The first-order valence-electron chi connectivity index (χ1n) is 1.29. The summed E-state index contributed by atoms with van der Waals surface area (Å²) in [7, 11) is -2.67. The summed E-state index contributed by atoms with van der Waals surface area (Å²) in [6, 6.07) is 0. The van der Waals surface area contributed by atoms with Crippen LogP contribution in [0.15, 0.2) is 6.26 Å². The molecule has 0 aromatic carbocycles. The van der Waals surface area contributed by atoms with Crippen LogP contribution in [0.25, 0.3) is 0 Å². The quantitative estimate of drug-likeness (QED) is 0.317. The van der Waals surface area contributed by atoms with Crippen LogP contribution >= 0.6 is 8.25 Å². The number of hydrogen-bond acceptors (Lipinski definition) is 3. The summed E-state index contributed by atoms with van der Waals surface area (Å²) in [4.78, 5) is 16.9. The monoisotopic (exact) mass is 121 g/mol. The molecule has 0 aliphatic rings. The summed E-state index contributed by atoms with van der Waals surface area (Å²) in [5.41, 5.74) is 0. The zero-order valence-corrected chi connectivity index (χ0v) is 4.09. The number of hydrogen-bond donors (Lipinski definition) is 1. The highest BCUT2D eigenvalue weighted by Crippen LogP contribution is 2.12. The van der Waals surface area contributed by atoms with Gasteiger partial charge in [-0.05, 0) is 0 Å². The summed E-state index contributed by atoms with van der Waals surface area (Å²) in [6.45, 7) is 0. The molecule has 7 heavy (non-hydrogen) atoms. The zero-order chi connectivity index (χ0) is 5.70. The van der Waals surface area contributed by atoms with Crippen LogP contribution in [0.2, 0.25) is 0 Å². The van der Waals surface area contributed by atoms with Crippen molar-refractivity contribution in [2.24, 2.45) is 0 Å². The Morgan fingerprint density at radius 3 is 2.57 bits per heavy atom. The van der Waals surface area contributed by atoms with E-state index in [-0.39, 0.29) is 0 Å². The van der Waals surface area contributed by atoms with E-state index in [1.54, 1.807) is 0 Å². The lowest BCUT2D eigenvalue weighted by molar-refractivity contribution is 0.378. The van der Waals surface area contributed by atoms with Gasteiger partial charge in [0, 0.05) is 4.57 Å². The number of rotatable bonds is 2. The predicted molar refractivity (Wildman–Crippen MR) is 21.2 cm³/mol. The molecule has 0 radical (unpaired) electrons. The fourth-order valence-corrected chi connectivity index (χ4v) is 0.200. The van der Waals surface area contributed by atoms with E-state index < -0.39 is 8.25 Å². The van der Waals surface area contributed by atoms with Crippen LogP contribution in [-0.2, 0) is 13.9 Å². The third-order valence-corrected chi connectivity index (χ3v) is 0.477. The van der Waals surface area contributed by atoms with Gasteiger partial charge in [-0.3, -0.25) is 0 Å². The molecule has 0 aromatic rings. The van der Waals surface area contributed by atoms with Crippen LogP contribution in [0.1, 0.15) is 0 Å². The minimum atomic E-state index is -2.67. The molecule has 1 unspecified atom stereocenters. The van der Waals surface area contributed by atoms with Crippen molar-refractivity contribution < 1.29 is 18.8 Å². The SMILES string of the molecule is O=C=CO[P+](=O)O. The van der Waals surface area contributed by atoms with E-state index >= 15 is 0 Å². The molecule has 0 amide bonds. The second-order valence-electron chi connectivity index (χ2n) is 0.579. The van der Waals surface area contributed by atoms with Gasteiger partial charge in [0.25, 0.3) is 0 Å². The Morgan fingerprint density at radius 2 is 2.43 bits per heavy atom. The van der Waals surface area contributed by atoms with Crippen LogP contribution in [0.3, 0.4) is 0 Å². The summed E-state index contributed by atoms with van der Waals surface area (Å²) in [5, 5.41) is 0. The molecule has 1 N–H and O–H groups in total. The first kappa shape index (κ1) is 6.31. The molecule has 38 valence electrons. The van der Waals surface area contributed by atoms with Crippen molar-refractivity contribution in [1.82, 2.24) is 0 Å². The van der Waals surface area contributed by atoms with E-state index in [1.165, 1.54) is 0 Å². The Hall–Kier alpha value is -0.690. The minimum Gasteiger partial charge on any atom is -0.230 e. The van der Waals surface area contributed by atoms with Gasteiger partial charge in [0.15, 0.2) is 5.94 Å². The first-order valence-corrected chi connectivity index (χ1v) is 2.42. The molecule has 1 atom stereocenters. The van der Waals surface area contributed by atoms with Crippen LogP contribution in [0.5, 0.6) is 0 Å². The molecule has 0 saturated heterocycles. The van der Waals surface area contributed by atoms with Crippen molar-refractivity contribution >= 4 is 14.2 Å². The molecular weight excluding hydrogens is 119 g/mol. The summed E-state index contributed by atoms with van der Waals surface area (Å²) in [6.07, 6.45) is 0.485. The Morgan fingerprint density at radius 1 is 1.86 bits per heavy atom. The van der Waals surface area contributed by atoms with Gasteiger partial charge in [0.2, 0.25) is 6.26 Å². The molecule has 0 heterocycles. The minimum absolute atomic E-state index is 0.485. The highest BCUT2D eigenvalue weighted by molar-refractivity contribution is 7.32. The van der Waals surface area contributed by atoms with Gasteiger partial charge in [-0.25, -0.2) is 9.32 Å². The molecule has 0 bridgehead atoms. The van der Waals surface area contributed by atoms with Crippen molar-refractivity contribution in [3.63, 3.8) is 0 Å². The van der Waals surface area contributed by atoms with Gasteiger partial charge < -0.3 is 0 Å². The van der Waals surface area contributed by atoms with Crippen molar-refractivity contribution in [1.29, 1.82) is 0 Å². The second kappa shape index (κ2) is 3.50. The van der Waals surface area contributed by atoms with E-state index in [9.17, 15) is 4.57 Å². The highest BCUT2D eigenvalue weighted by Gasteiger charge is 2.06. The molecule has 5 heteroatoms. The lowest BCUT2D eigenvalue weighted by Crippen LogP contribution is -1.60. The maximum Gasteiger partial charge on any atom is 0.747 e. The second-order valence-corrected chi connectivity index (χ2v) is 1.27. The topological polar surface area (TPSA) is 63.6 Å². The standard InChI is InChI=1S/C2HO4P/c3-1-2-6-7(4)5/h2H/p+1. The fourth-order valence-electron chi connectivity index (χ4n) is 0.0666. The fraction of sp³-hybridized carbons (Fsp3) is 0. The maximum absolute atomic E-state index is 9.47. The Bertz CT molecular complexity index is 113. The largest absolute Gasteiger partial charge is 0.747 e. The van der Waals surface area contributed by atoms with E-state index in [1.807, 2.05) is 0 Å². The van der Waals surface area contributed by atoms with E-state index in [4.69, 9.17) is 9.69 Å². The maximum atomic E-state index is 9.47. The van der Waals surface area contributed by atoms with Crippen LogP contribution in [-0.4, -0.2) is 10.8 Å². The van der Waals surface area contributed by atoms with Crippen LogP contribution in [0.4, 0.5) is 0 Å². The van der Waals surface area contributed by atoms with E-state index in [0.29, 0.717) is 6.26 Å². The van der Waals surface area contributed by atoms with E-state index in [0.717, 1.165) is 5.94 Å². The first-order chi connectivity index (χ1) is 3.27. The molecule has 0 aliphatic carbocycles. The van der Waals surface area contributed by atoms with E-state index in [2.05, 4.69) is 4.52 Å². The number of carbonyl (C=O) groups excluding carboxylic acids is 1. The van der Waals surface area contributed by atoms with Crippen molar-refractivity contribution in [3.8, 4) is 0 Å². The van der Waals surface area contributed by atoms with Gasteiger partial charge in [0.1, 0.15) is 0 Å². The Kier molecular flexibility index (Phi) is 3.15. The van der Waals surface area contributed by atoms with Gasteiger partial charge in [-0.2, -0.15) is 0 Å². The molecule has 0 aliphatic heterocycles. The molecule has 0 rings (SSSR count). The smallest absolute Gasteiger partial charge is 0.230 e. The van der Waals surface area contributed by atoms with Gasteiger partial charge in [-0.1, -0.05) is 0 Å². The molecular formula is C2H2O4P+. The van der Waals surface area contributed by atoms with Crippen molar-refractivity contribution in [2.75, 3.05) is 0 Å². The molecule has 4 nitrogen and oxygen atoms in total. The van der Waals surface area contributed by atoms with Crippen LogP contribution in [0, 0.1) is 0 Å². The summed E-state index contributed by atoms with van der Waals surface area (Å²) >= 11 is 0. The van der Waals surface area contributed by atoms with Gasteiger partial charge >= 0.3 is 8.25 Å². The highest BCUT2D eigenvalue weighted by atomic mass is 31.1. The zero-order valence-electron chi connectivity index (χ0n) is 3.20. The molecule has 0 saturated carbocycles.